The van der Waals surface area contributed by atoms with Gasteiger partial charge in [0, 0.05) is 12.6 Å². The van der Waals surface area contributed by atoms with Gasteiger partial charge in [0.1, 0.15) is 5.82 Å². The van der Waals surface area contributed by atoms with Crippen molar-refractivity contribution in [3.63, 3.8) is 0 Å². The zero-order valence-corrected chi connectivity index (χ0v) is 11.0. The summed E-state index contributed by atoms with van der Waals surface area (Å²) in [5, 5.41) is 4.30. The molecule has 0 aliphatic carbocycles. The van der Waals surface area contributed by atoms with Gasteiger partial charge in [-0.3, -0.25) is 0 Å². The number of rotatable bonds is 2. The second-order valence-electron chi connectivity index (χ2n) is 4.68. The van der Waals surface area contributed by atoms with E-state index in [1.54, 1.807) is 6.07 Å². The SMILES string of the molecule is CC1CC(Nc2nc3ccc(F)cc3s2)CCO1. The predicted octanol–water partition coefficient (Wildman–Crippen LogP) is 3.41. The minimum Gasteiger partial charge on any atom is -0.378 e. The van der Waals surface area contributed by atoms with Crippen molar-refractivity contribution < 1.29 is 9.13 Å². The molecule has 96 valence electrons. The first-order valence-corrected chi connectivity index (χ1v) is 6.96. The molecule has 5 heteroatoms. The van der Waals surface area contributed by atoms with E-state index in [2.05, 4.69) is 17.2 Å². The molecule has 1 N–H and O–H groups in total. The summed E-state index contributed by atoms with van der Waals surface area (Å²) in [6.07, 6.45) is 2.28. The van der Waals surface area contributed by atoms with E-state index in [4.69, 9.17) is 4.74 Å². The monoisotopic (exact) mass is 266 g/mol. The van der Waals surface area contributed by atoms with Gasteiger partial charge in [0.2, 0.25) is 0 Å². The Kier molecular flexibility index (Phi) is 3.18. The number of thiazole rings is 1. The number of halogens is 1. The third kappa shape index (κ3) is 2.47. The molecular weight excluding hydrogens is 251 g/mol. The first kappa shape index (κ1) is 11.9. The maximum absolute atomic E-state index is 13.1. The lowest BCUT2D eigenvalue weighted by molar-refractivity contribution is 0.0232. The Morgan fingerprint density at radius 1 is 1.50 bits per heavy atom. The number of anilines is 1. The van der Waals surface area contributed by atoms with Crippen LogP contribution in [-0.4, -0.2) is 23.7 Å². The molecular formula is C13H15FN2OS. The fraction of sp³-hybridized carbons (Fsp3) is 0.462. The molecule has 0 spiro atoms. The smallest absolute Gasteiger partial charge is 0.184 e. The van der Waals surface area contributed by atoms with Crippen molar-refractivity contribution in [3.05, 3.63) is 24.0 Å². The van der Waals surface area contributed by atoms with E-state index in [9.17, 15) is 4.39 Å². The number of hydrogen-bond acceptors (Lipinski definition) is 4. The fourth-order valence-electron chi connectivity index (χ4n) is 2.26. The largest absolute Gasteiger partial charge is 0.378 e. The Morgan fingerprint density at radius 3 is 3.22 bits per heavy atom. The molecule has 2 atom stereocenters. The number of fused-ring (bicyclic) bond motifs is 1. The average Bonchev–Trinajstić information content (AvgIpc) is 2.70. The molecule has 1 aliphatic rings. The topological polar surface area (TPSA) is 34.2 Å². The highest BCUT2D eigenvalue weighted by Gasteiger charge is 2.20. The minimum atomic E-state index is -0.211. The Labute approximate surface area is 109 Å². The van der Waals surface area contributed by atoms with Gasteiger partial charge in [0.25, 0.3) is 0 Å². The quantitative estimate of drug-likeness (QED) is 0.904. The Hall–Kier alpha value is -1.20. The number of aromatic nitrogens is 1. The van der Waals surface area contributed by atoms with Gasteiger partial charge in [0.15, 0.2) is 5.13 Å². The van der Waals surface area contributed by atoms with Crippen LogP contribution in [0.2, 0.25) is 0 Å². The molecule has 18 heavy (non-hydrogen) atoms. The Morgan fingerprint density at radius 2 is 2.39 bits per heavy atom. The van der Waals surface area contributed by atoms with Crippen molar-refractivity contribution >= 4 is 26.7 Å². The van der Waals surface area contributed by atoms with Crippen molar-refractivity contribution in [2.24, 2.45) is 0 Å². The summed E-state index contributed by atoms with van der Waals surface area (Å²) in [5.74, 6) is -0.211. The highest BCUT2D eigenvalue weighted by atomic mass is 32.1. The van der Waals surface area contributed by atoms with Crippen molar-refractivity contribution in [1.82, 2.24) is 4.98 Å². The van der Waals surface area contributed by atoms with Gasteiger partial charge in [-0.15, -0.1) is 0 Å². The van der Waals surface area contributed by atoms with E-state index < -0.39 is 0 Å². The summed E-state index contributed by atoms with van der Waals surface area (Å²) in [5.41, 5.74) is 0.851. The molecule has 1 saturated heterocycles. The number of benzene rings is 1. The lowest BCUT2D eigenvalue weighted by Gasteiger charge is -2.27. The molecule has 2 aromatic rings. The maximum atomic E-state index is 13.1. The van der Waals surface area contributed by atoms with Gasteiger partial charge in [-0.1, -0.05) is 11.3 Å². The van der Waals surface area contributed by atoms with E-state index in [1.807, 2.05) is 0 Å². The average molecular weight is 266 g/mol. The summed E-state index contributed by atoms with van der Waals surface area (Å²) >= 11 is 1.50. The molecule has 3 rings (SSSR count). The summed E-state index contributed by atoms with van der Waals surface area (Å²) in [6, 6.07) is 5.10. The van der Waals surface area contributed by atoms with Crippen LogP contribution in [0.5, 0.6) is 0 Å². The highest BCUT2D eigenvalue weighted by molar-refractivity contribution is 7.22. The standard InChI is InChI=1S/C13H15FN2OS/c1-8-6-10(4-5-17-8)15-13-16-11-3-2-9(14)7-12(11)18-13/h2-3,7-8,10H,4-6H2,1H3,(H,15,16). The van der Waals surface area contributed by atoms with E-state index in [0.717, 1.165) is 34.8 Å². The lowest BCUT2D eigenvalue weighted by atomic mass is 10.1. The van der Waals surface area contributed by atoms with Gasteiger partial charge in [-0.2, -0.15) is 0 Å². The summed E-state index contributed by atoms with van der Waals surface area (Å²) in [6.45, 7) is 2.87. The molecule has 0 bridgehead atoms. The second kappa shape index (κ2) is 4.82. The van der Waals surface area contributed by atoms with Gasteiger partial charge in [-0.05, 0) is 38.0 Å². The Bertz CT molecular complexity index is 557. The molecule has 1 aliphatic heterocycles. The first-order valence-electron chi connectivity index (χ1n) is 6.15. The Balaban J connectivity index is 1.78. The molecule has 1 aromatic carbocycles. The zero-order chi connectivity index (χ0) is 12.5. The highest BCUT2D eigenvalue weighted by Crippen LogP contribution is 2.28. The zero-order valence-electron chi connectivity index (χ0n) is 10.1. The number of ether oxygens (including phenoxy) is 1. The number of nitrogens with one attached hydrogen (secondary N) is 1. The van der Waals surface area contributed by atoms with Crippen molar-refractivity contribution in [1.29, 1.82) is 0 Å². The van der Waals surface area contributed by atoms with Crippen molar-refractivity contribution in [2.45, 2.75) is 31.9 Å². The van der Waals surface area contributed by atoms with Crippen LogP contribution in [0.3, 0.4) is 0 Å². The fourth-order valence-corrected chi connectivity index (χ4v) is 3.23. The molecule has 0 radical (unpaired) electrons. The van der Waals surface area contributed by atoms with Gasteiger partial charge in [0.05, 0.1) is 16.3 Å². The van der Waals surface area contributed by atoms with E-state index in [0.29, 0.717) is 12.1 Å². The van der Waals surface area contributed by atoms with Gasteiger partial charge in [-0.25, -0.2) is 9.37 Å². The van der Waals surface area contributed by atoms with E-state index >= 15 is 0 Å². The van der Waals surface area contributed by atoms with Crippen LogP contribution < -0.4 is 5.32 Å². The molecule has 3 nitrogen and oxygen atoms in total. The number of nitrogens with zero attached hydrogens (tertiary/aromatic N) is 1. The van der Waals surface area contributed by atoms with E-state index in [-0.39, 0.29) is 5.82 Å². The van der Waals surface area contributed by atoms with Crippen LogP contribution in [0, 0.1) is 5.82 Å². The molecule has 2 heterocycles. The second-order valence-corrected chi connectivity index (χ2v) is 5.71. The minimum absolute atomic E-state index is 0.211. The van der Waals surface area contributed by atoms with Crippen LogP contribution >= 0.6 is 11.3 Å². The molecule has 1 fully saturated rings. The van der Waals surface area contributed by atoms with Crippen LogP contribution in [0.1, 0.15) is 19.8 Å². The van der Waals surface area contributed by atoms with Crippen LogP contribution in [0.4, 0.5) is 9.52 Å². The molecule has 2 unspecified atom stereocenters. The van der Waals surface area contributed by atoms with Crippen LogP contribution in [0.15, 0.2) is 18.2 Å². The van der Waals surface area contributed by atoms with Crippen molar-refractivity contribution in [2.75, 3.05) is 11.9 Å². The summed E-state index contributed by atoms with van der Waals surface area (Å²) in [7, 11) is 0. The third-order valence-corrected chi connectivity index (χ3v) is 4.11. The molecule has 0 amide bonds. The first-order chi connectivity index (χ1) is 8.70. The van der Waals surface area contributed by atoms with Crippen LogP contribution in [-0.2, 0) is 4.74 Å². The van der Waals surface area contributed by atoms with E-state index in [1.165, 1.54) is 23.5 Å². The number of hydrogen-bond donors (Lipinski definition) is 1. The summed E-state index contributed by atoms with van der Waals surface area (Å²) < 4.78 is 19.5. The lowest BCUT2D eigenvalue weighted by Crippen LogP contribution is -2.32. The maximum Gasteiger partial charge on any atom is 0.184 e. The van der Waals surface area contributed by atoms with Crippen molar-refractivity contribution in [3.8, 4) is 0 Å². The normalized spacial score (nSPS) is 24.3. The van der Waals surface area contributed by atoms with Gasteiger partial charge < -0.3 is 10.1 Å². The molecule has 1 aromatic heterocycles. The third-order valence-electron chi connectivity index (χ3n) is 3.16. The summed E-state index contributed by atoms with van der Waals surface area (Å²) in [4.78, 5) is 4.47. The molecule has 0 saturated carbocycles. The van der Waals surface area contributed by atoms with Crippen LogP contribution in [0.25, 0.3) is 10.2 Å². The predicted molar refractivity (Wildman–Crippen MR) is 71.6 cm³/mol. The van der Waals surface area contributed by atoms with Gasteiger partial charge >= 0.3 is 0 Å².